The van der Waals surface area contributed by atoms with Crippen LogP contribution in [0.25, 0.3) is 0 Å². The highest BCUT2D eigenvalue weighted by Gasteiger charge is 2.38. The first-order valence-electron chi connectivity index (χ1n) is 6.12. The molecule has 0 spiro atoms. The minimum atomic E-state index is -3.07. The van der Waals surface area contributed by atoms with Gasteiger partial charge in [0.25, 0.3) is 0 Å². The molecule has 3 heteroatoms. The second kappa shape index (κ2) is 4.13. The van der Waals surface area contributed by atoms with Crippen molar-refractivity contribution in [3.05, 3.63) is 29.8 Å². The Morgan fingerprint density at radius 1 is 1.18 bits per heavy atom. The highest BCUT2D eigenvalue weighted by atomic mass is 32.2. The first kappa shape index (κ1) is 12.6. The summed E-state index contributed by atoms with van der Waals surface area (Å²) in [4.78, 5) is 0.553. The van der Waals surface area contributed by atoms with E-state index in [1.165, 1.54) is 0 Å². The molecule has 1 aliphatic carbocycles. The summed E-state index contributed by atoms with van der Waals surface area (Å²) in [7, 11) is -3.07. The molecule has 0 unspecified atom stereocenters. The molecule has 1 saturated carbocycles. The van der Waals surface area contributed by atoms with Crippen molar-refractivity contribution in [2.24, 2.45) is 5.41 Å². The van der Waals surface area contributed by atoms with Gasteiger partial charge in [0.05, 0.1) is 10.1 Å². The predicted octanol–water partition coefficient (Wildman–Crippen LogP) is 3.21. The van der Waals surface area contributed by atoms with E-state index >= 15 is 0 Å². The van der Waals surface area contributed by atoms with E-state index in [9.17, 15) is 8.42 Å². The lowest BCUT2D eigenvalue weighted by molar-refractivity contribution is 0.408. The second-order valence-electron chi connectivity index (χ2n) is 6.09. The number of hydrogen-bond donors (Lipinski definition) is 0. The molecule has 0 aliphatic heterocycles. The van der Waals surface area contributed by atoms with Crippen LogP contribution in [-0.4, -0.2) is 13.7 Å². The molecule has 1 aromatic rings. The molecule has 0 amide bonds. The third-order valence-electron chi connectivity index (χ3n) is 2.96. The summed E-state index contributed by atoms with van der Waals surface area (Å²) in [6.07, 6.45) is 2.45. The van der Waals surface area contributed by atoms with Gasteiger partial charge in [-0.3, -0.25) is 0 Å². The molecule has 0 bridgehead atoms. The Kier molecular flexibility index (Phi) is 3.06. The number of rotatable bonds is 3. The lowest BCUT2D eigenvalue weighted by Crippen LogP contribution is -2.15. The summed E-state index contributed by atoms with van der Waals surface area (Å²) in [6.45, 7) is 6.40. The first-order chi connectivity index (χ1) is 7.81. The van der Waals surface area contributed by atoms with Gasteiger partial charge in [-0.15, -0.1) is 0 Å². The maximum atomic E-state index is 12.3. The molecule has 94 valence electrons. The van der Waals surface area contributed by atoms with Gasteiger partial charge >= 0.3 is 0 Å². The van der Waals surface area contributed by atoms with Crippen molar-refractivity contribution in [2.45, 2.75) is 50.2 Å². The van der Waals surface area contributed by atoms with Crippen LogP contribution in [-0.2, 0) is 16.3 Å². The molecular formula is C14H20O2S. The molecule has 0 N–H and O–H groups in total. The molecule has 17 heavy (non-hydrogen) atoms. The molecular weight excluding hydrogens is 232 g/mol. The van der Waals surface area contributed by atoms with E-state index in [4.69, 9.17) is 0 Å². The third-order valence-corrected chi connectivity index (χ3v) is 5.32. The summed E-state index contributed by atoms with van der Waals surface area (Å²) in [6, 6.07) is 7.45. The van der Waals surface area contributed by atoms with Crippen molar-refractivity contribution in [1.82, 2.24) is 0 Å². The van der Waals surface area contributed by atoms with Crippen LogP contribution in [0.3, 0.4) is 0 Å². The van der Waals surface area contributed by atoms with Crippen molar-refractivity contribution in [1.29, 1.82) is 0 Å². The van der Waals surface area contributed by atoms with Gasteiger partial charge in [-0.1, -0.05) is 39.0 Å². The van der Waals surface area contributed by atoms with Crippen LogP contribution in [0.1, 0.15) is 39.2 Å². The lowest BCUT2D eigenvalue weighted by atomic mass is 9.88. The van der Waals surface area contributed by atoms with Gasteiger partial charge in [0.2, 0.25) is 0 Å². The van der Waals surface area contributed by atoms with Crippen molar-refractivity contribution in [2.75, 3.05) is 0 Å². The summed E-state index contributed by atoms with van der Waals surface area (Å²) in [5.74, 6) is 0. The fourth-order valence-corrected chi connectivity index (χ4v) is 3.95. The average Bonchev–Trinajstić information content (AvgIpc) is 2.98. The summed E-state index contributed by atoms with van der Waals surface area (Å²) in [5.41, 5.74) is 1.07. The largest absolute Gasteiger partial charge is 0.223 e. The van der Waals surface area contributed by atoms with Crippen LogP contribution in [0.4, 0.5) is 0 Å². The van der Waals surface area contributed by atoms with Crippen LogP contribution in [0.2, 0.25) is 0 Å². The minimum absolute atomic E-state index is 0.106. The van der Waals surface area contributed by atoms with Crippen LogP contribution >= 0.6 is 0 Å². The first-order valence-corrected chi connectivity index (χ1v) is 7.67. The van der Waals surface area contributed by atoms with Crippen LogP contribution in [0.5, 0.6) is 0 Å². The summed E-state index contributed by atoms with van der Waals surface area (Å²) >= 11 is 0. The van der Waals surface area contributed by atoms with Crippen molar-refractivity contribution in [3.8, 4) is 0 Å². The molecule has 1 aliphatic rings. The van der Waals surface area contributed by atoms with E-state index in [0.717, 1.165) is 24.8 Å². The van der Waals surface area contributed by atoms with Gasteiger partial charge in [0.15, 0.2) is 9.84 Å². The number of sulfone groups is 1. The fourth-order valence-electron chi connectivity index (χ4n) is 2.06. The fraction of sp³-hybridized carbons (Fsp3) is 0.571. The highest BCUT2D eigenvalue weighted by molar-refractivity contribution is 7.92. The molecule has 0 atom stereocenters. The van der Waals surface area contributed by atoms with Crippen molar-refractivity contribution in [3.63, 3.8) is 0 Å². The Balaban J connectivity index is 2.41. The van der Waals surface area contributed by atoms with Gasteiger partial charge in [0.1, 0.15) is 0 Å². The van der Waals surface area contributed by atoms with Gasteiger partial charge in [-0.25, -0.2) is 8.42 Å². The van der Waals surface area contributed by atoms with Crippen LogP contribution < -0.4 is 0 Å². The topological polar surface area (TPSA) is 34.1 Å². The maximum Gasteiger partial charge on any atom is 0.181 e. The zero-order valence-electron chi connectivity index (χ0n) is 10.7. The molecule has 2 rings (SSSR count). The monoisotopic (exact) mass is 252 g/mol. The zero-order valence-corrected chi connectivity index (χ0v) is 11.5. The van der Waals surface area contributed by atoms with E-state index < -0.39 is 9.84 Å². The highest BCUT2D eigenvalue weighted by Crippen LogP contribution is 2.36. The van der Waals surface area contributed by atoms with Crippen LogP contribution in [0.15, 0.2) is 29.2 Å². The molecule has 0 heterocycles. The Bertz CT molecular complexity index is 505. The maximum absolute atomic E-state index is 12.3. The van der Waals surface area contributed by atoms with Gasteiger partial charge in [0, 0.05) is 0 Å². The Morgan fingerprint density at radius 2 is 1.76 bits per heavy atom. The SMILES string of the molecule is CC(C)(C)Cc1ccccc1S(=O)(=O)C1CC1. The standard InChI is InChI=1S/C14H20O2S/c1-14(2,3)10-11-6-4-5-7-13(11)17(15,16)12-8-9-12/h4-7,12H,8-10H2,1-3H3. The molecule has 1 aromatic carbocycles. The van der Waals surface area contributed by atoms with Gasteiger partial charge in [-0.2, -0.15) is 0 Å². The van der Waals surface area contributed by atoms with Gasteiger partial charge < -0.3 is 0 Å². The van der Waals surface area contributed by atoms with Crippen molar-refractivity contribution < 1.29 is 8.42 Å². The Morgan fingerprint density at radius 3 is 2.29 bits per heavy atom. The normalized spacial score (nSPS) is 17.1. The van der Waals surface area contributed by atoms with E-state index in [2.05, 4.69) is 20.8 Å². The lowest BCUT2D eigenvalue weighted by Gasteiger charge is -2.20. The smallest absolute Gasteiger partial charge is 0.181 e. The molecule has 0 saturated heterocycles. The number of hydrogen-bond acceptors (Lipinski definition) is 2. The minimum Gasteiger partial charge on any atom is -0.223 e. The van der Waals surface area contributed by atoms with E-state index in [1.807, 2.05) is 18.2 Å². The Labute approximate surface area is 104 Å². The quantitative estimate of drug-likeness (QED) is 0.827. The molecule has 0 aromatic heterocycles. The van der Waals surface area contributed by atoms with E-state index in [0.29, 0.717) is 4.90 Å². The molecule has 2 nitrogen and oxygen atoms in total. The van der Waals surface area contributed by atoms with E-state index in [-0.39, 0.29) is 10.7 Å². The summed E-state index contributed by atoms with van der Waals surface area (Å²) in [5, 5.41) is -0.122. The number of benzene rings is 1. The summed E-state index contributed by atoms with van der Waals surface area (Å²) < 4.78 is 24.6. The molecule has 0 radical (unpaired) electrons. The average molecular weight is 252 g/mol. The Hall–Kier alpha value is -0.830. The molecule has 1 fully saturated rings. The second-order valence-corrected chi connectivity index (χ2v) is 8.29. The van der Waals surface area contributed by atoms with Gasteiger partial charge in [-0.05, 0) is 36.3 Å². The van der Waals surface area contributed by atoms with Crippen LogP contribution in [0, 0.1) is 5.41 Å². The predicted molar refractivity (Wildman–Crippen MR) is 69.8 cm³/mol. The van der Waals surface area contributed by atoms with Crippen molar-refractivity contribution >= 4 is 9.84 Å². The third kappa shape index (κ3) is 2.89. The van der Waals surface area contributed by atoms with E-state index in [1.54, 1.807) is 6.07 Å². The zero-order chi connectivity index (χ0) is 12.7.